The van der Waals surface area contributed by atoms with Gasteiger partial charge in [-0.2, -0.15) is 0 Å². The predicted octanol–water partition coefficient (Wildman–Crippen LogP) is 2.30. The highest BCUT2D eigenvalue weighted by Crippen LogP contribution is 2.27. The third-order valence-corrected chi connectivity index (χ3v) is 4.51. The summed E-state index contributed by atoms with van der Waals surface area (Å²) >= 11 is 6.02. The highest BCUT2D eigenvalue weighted by atomic mass is 35.5. The Morgan fingerprint density at radius 2 is 1.86 bits per heavy atom. The molecule has 0 radical (unpaired) electrons. The van der Waals surface area contributed by atoms with Crippen LogP contribution in [0, 0.1) is 5.82 Å². The molecule has 1 heterocycles. The normalized spacial score (nSPS) is 14.2. The van der Waals surface area contributed by atoms with Crippen molar-refractivity contribution in [2.24, 2.45) is 0 Å². The molecule has 1 aliphatic rings. The summed E-state index contributed by atoms with van der Waals surface area (Å²) in [5.74, 6) is -1.98. The smallest absolute Gasteiger partial charge is 0.316 e. The Kier molecular flexibility index (Phi) is 5.79. The highest BCUT2D eigenvalue weighted by molar-refractivity contribution is 6.41. The average Bonchev–Trinajstić information content (AvgIpc) is 2.67. The first-order valence-electron chi connectivity index (χ1n) is 8.39. The fraction of sp³-hybridized carbons (Fsp3) is 0.211. The molecule has 0 aliphatic carbocycles. The molecule has 1 aliphatic heterocycles. The van der Waals surface area contributed by atoms with E-state index in [9.17, 15) is 18.8 Å². The Balaban J connectivity index is 1.61. The molecule has 0 unspecified atom stereocenters. The average molecular weight is 406 g/mol. The van der Waals surface area contributed by atoms with E-state index in [2.05, 4.69) is 5.32 Å². The molecular formula is C19H17ClFN3O4. The highest BCUT2D eigenvalue weighted by Gasteiger charge is 2.34. The maximum absolute atomic E-state index is 13.0. The molecule has 0 saturated carbocycles. The third-order valence-electron chi connectivity index (χ3n) is 4.22. The van der Waals surface area contributed by atoms with Crippen LogP contribution in [-0.4, -0.2) is 49.4 Å². The van der Waals surface area contributed by atoms with Gasteiger partial charge in [-0.1, -0.05) is 11.6 Å². The number of hydrogen-bond acceptors (Lipinski definition) is 4. The Bertz CT molecular complexity index is 920. The fourth-order valence-corrected chi connectivity index (χ4v) is 3.07. The van der Waals surface area contributed by atoms with Crippen LogP contribution in [0.4, 0.5) is 15.8 Å². The predicted molar refractivity (Wildman–Crippen MR) is 102 cm³/mol. The van der Waals surface area contributed by atoms with Crippen molar-refractivity contribution in [1.29, 1.82) is 0 Å². The first-order chi connectivity index (χ1) is 13.4. The number of halogens is 2. The van der Waals surface area contributed by atoms with Gasteiger partial charge in [0.15, 0.2) is 0 Å². The van der Waals surface area contributed by atoms with Crippen LogP contribution in [0.5, 0.6) is 5.75 Å². The van der Waals surface area contributed by atoms with Gasteiger partial charge in [0.2, 0.25) is 5.91 Å². The van der Waals surface area contributed by atoms with E-state index in [0.29, 0.717) is 22.1 Å². The molecule has 3 amide bonds. The molecule has 3 rings (SSSR count). The van der Waals surface area contributed by atoms with E-state index in [1.165, 1.54) is 47.2 Å². The van der Waals surface area contributed by atoms with Gasteiger partial charge in [0.1, 0.15) is 18.1 Å². The lowest BCUT2D eigenvalue weighted by Gasteiger charge is -2.33. The van der Waals surface area contributed by atoms with E-state index in [0.717, 1.165) is 0 Å². The van der Waals surface area contributed by atoms with E-state index < -0.39 is 23.5 Å². The quantitative estimate of drug-likeness (QED) is 0.774. The lowest BCUT2D eigenvalue weighted by molar-refractivity contribution is -0.147. The van der Waals surface area contributed by atoms with Crippen molar-refractivity contribution >= 4 is 40.7 Å². The van der Waals surface area contributed by atoms with Crippen LogP contribution in [0.3, 0.4) is 0 Å². The maximum Gasteiger partial charge on any atom is 0.316 e. The molecule has 1 fully saturated rings. The second-order valence-corrected chi connectivity index (χ2v) is 6.46. The number of ether oxygens (including phenoxy) is 1. The number of rotatable bonds is 5. The molecule has 0 bridgehead atoms. The summed E-state index contributed by atoms with van der Waals surface area (Å²) in [4.78, 5) is 39.4. The summed E-state index contributed by atoms with van der Waals surface area (Å²) in [7, 11) is 1.48. The summed E-state index contributed by atoms with van der Waals surface area (Å²) in [5, 5.41) is 2.96. The van der Waals surface area contributed by atoms with Crippen LogP contribution in [0.2, 0.25) is 5.02 Å². The minimum absolute atomic E-state index is 0.179. The topological polar surface area (TPSA) is 79.0 Å². The van der Waals surface area contributed by atoms with Gasteiger partial charge in [-0.3, -0.25) is 14.4 Å². The van der Waals surface area contributed by atoms with Gasteiger partial charge in [-0.05, 0) is 42.5 Å². The number of nitrogens with one attached hydrogen (secondary N) is 1. The van der Waals surface area contributed by atoms with Crippen LogP contribution in [0.15, 0.2) is 42.5 Å². The minimum atomic E-state index is -0.793. The number of methoxy groups -OCH3 is 1. The number of carbonyl (C=O) groups excluding carboxylic acids is 3. The number of piperazine rings is 1. The molecule has 0 spiro atoms. The van der Waals surface area contributed by atoms with Crippen molar-refractivity contribution in [1.82, 2.24) is 4.90 Å². The van der Waals surface area contributed by atoms with Gasteiger partial charge in [-0.25, -0.2) is 4.39 Å². The van der Waals surface area contributed by atoms with Gasteiger partial charge in [0.05, 0.1) is 12.1 Å². The zero-order valence-corrected chi connectivity index (χ0v) is 15.7. The molecule has 28 heavy (non-hydrogen) atoms. The third kappa shape index (κ3) is 4.23. The number of nitrogens with zero attached hydrogens (tertiary/aromatic N) is 2. The van der Waals surface area contributed by atoms with Crippen molar-refractivity contribution in [2.75, 3.05) is 37.0 Å². The number of anilines is 2. The van der Waals surface area contributed by atoms with E-state index in [4.69, 9.17) is 16.3 Å². The molecular weight excluding hydrogens is 389 g/mol. The molecule has 0 aromatic heterocycles. The molecule has 146 valence electrons. The lowest BCUT2D eigenvalue weighted by atomic mass is 10.2. The molecule has 1 saturated heterocycles. The second kappa shape index (κ2) is 8.26. The summed E-state index contributed by atoms with van der Waals surface area (Å²) in [6.07, 6.45) is 0. The largest absolute Gasteiger partial charge is 0.495 e. The zero-order valence-electron chi connectivity index (χ0n) is 14.9. The van der Waals surface area contributed by atoms with Crippen molar-refractivity contribution in [3.63, 3.8) is 0 Å². The second-order valence-electron chi connectivity index (χ2n) is 6.06. The van der Waals surface area contributed by atoms with Crippen molar-refractivity contribution in [2.45, 2.75) is 0 Å². The van der Waals surface area contributed by atoms with Crippen LogP contribution >= 0.6 is 11.6 Å². The van der Waals surface area contributed by atoms with Crippen LogP contribution in [0.1, 0.15) is 0 Å². The molecule has 9 heteroatoms. The Hall–Kier alpha value is -3.13. The molecule has 2 aromatic rings. The van der Waals surface area contributed by atoms with Gasteiger partial charge in [0.25, 0.3) is 0 Å². The van der Waals surface area contributed by atoms with E-state index in [-0.39, 0.29) is 19.6 Å². The molecule has 2 aromatic carbocycles. The fourth-order valence-electron chi connectivity index (χ4n) is 2.81. The SMILES string of the molecule is COc1ccc(NC(=O)CN2CCN(c3ccc(F)cc3)C(=O)C2=O)cc1Cl. The van der Waals surface area contributed by atoms with Crippen LogP contribution in [-0.2, 0) is 14.4 Å². The van der Waals surface area contributed by atoms with Crippen molar-refractivity contribution < 1.29 is 23.5 Å². The molecule has 0 atom stereocenters. The molecule has 7 nitrogen and oxygen atoms in total. The summed E-state index contributed by atoms with van der Waals surface area (Å²) < 4.78 is 18.1. The van der Waals surface area contributed by atoms with E-state index in [1.807, 2.05) is 0 Å². The monoisotopic (exact) mass is 405 g/mol. The van der Waals surface area contributed by atoms with Crippen molar-refractivity contribution in [3.05, 3.63) is 53.3 Å². The lowest BCUT2D eigenvalue weighted by Crippen LogP contribution is -2.56. The number of carbonyl (C=O) groups is 3. The van der Waals surface area contributed by atoms with E-state index >= 15 is 0 Å². The molecule has 1 N–H and O–H groups in total. The minimum Gasteiger partial charge on any atom is -0.495 e. The Labute approximate surface area is 165 Å². The Morgan fingerprint density at radius 1 is 1.14 bits per heavy atom. The van der Waals surface area contributed by atoms with Gasteiger partial charge >= 0.3 is 11.8 Å². The number of benzene rings is 2. The standard InChI is InChI=1S/C19H17ClFN3O4/c1-28-16-7-4-13(10-15(16)20)22-17(25)11-23-8-9-24(19(27)18(23)26)14-5-2-12(21)3-6-14/h2-7,10H,8-9,11H2,1H3,(H,22,25). The van der Waals surface area contributed by atoms with Gasteiger partial charge < -0.3 is 19.9 Å². The first kappa shape index (κ1) is 19.6. The summed E-state index contributed by atoms with van der Waals surface area (Å²) in [6.45, 7) is 0.113. The first-order valence-corrected chi connectivity index (χ1v) is 8.76. The Morgan fingerprint density at radius 3 is 2.50 bits per heavy atom. The van der Waals surface area contributed by atoms with Gasteiger partial charge in [-0.15, -0.1) is 0 Å². The summed E-state index contributed by atoms with van der Waals surface area (Å²) in [6, 6.07) is 10.0. The zero-order chi connectivity index (χ0) is 20.3. The van der Waals surface area contributed by atoms with Crippen LogP contribution in [0.25, 0.3) is 0 Å². The van der Waals surface area contributed by atoms with Crippen molar-refractivity contribution in [3.8, 4) is 5.75 Å². The number of hydrogen-bond donors (Lipinski definition) is 1. The van der Waals surface area contributed by atoms with Gasteiger partial charge in [0, 0.05) is 24.5 Å². The van der Waals surface area contributed by atoms with Crippen LogP contribution < -0.4 is 15.0 Å². The number of amides is 3. The maximum atomic E-state index is 13.0. The summed E-state index contributed by atoms with van der Waals surface area (Å²) in [5.41, 5.74) is 0.872. The van der Waals surface area contributed by atoms with E-state index in [1.54, 1.807) is 12.1 Å².